The van der Waals surface area contributed by atoms with Gasteiger partial charge in [-0.2, -0.15) is 0 Å². The van der Waals surface area contributed by atoms with Crippen molar-refractivity contribution >= 4 is 16.8 Å². The van der Waals surface area contributed by atoms with E-state index in [0.29, 0.717) is 11.5 Å². The van der Waals surface area contributed by atoms with Crippen LogP contribution < -0.4 is 14.8 Å². The molecular formula is C31H35N3O3. The van der Waals surface area contributed by atoms with E-state index in [1.54, 1.807) is 7.11 Å². The number of aromatic amines is 1. The Balaban J connectivity index is 1.16. The number of carbonyl (C=O) groups is 1. The highest BCUT2D eigenvalue weighted by molar-refractivity contribution is 5.94. The van der Waals surface area contributed by atoms with Crippen molar-refractivity contribution < 1.29 is 14.3 Å². The third kappa shape index (κ3) is 5.49. The predicted octanol–water partition coefficient (Wildman–Crippen LogP) is 6.03. The highest BCUT2D eigenvalue weighted by atomic mass is 16.5. The number of nitrogens with one attached hydrogen (secondary N) is 2. The Labute approximate surface area is 218 Å². The van der Waals surface area contributed by atoms with Crippen LogP contribution in [-0.2, 0) is 16.8 Å². The number of nitrogens with zero attached hydrogens (tertiary/aromatic N) is 1. The number of likely N-dealkylation sites (tertiary alicyclic amines) is 1. The third-order valence-electron chi connectivity index (χ3n) is 7.35. The minimum absolute atomic E-state index is 0.0805. The lowest BCUT2D eigenvalue weighted by molar-refractivity contribution is -0.126. The van der Waals surface area contributed by atoms with Gasteiger partial charge in [-0.1, -0.05) is 42.5 Å². The number of ether oxygens (including phenoxy) is 2. The lowest BCUT2D eigenvalue weighted by Crippen LogP contribution is -2.49. The number of hydrogen-bond acceptors (Lipinski definition) is 4. The minimum Gasteiger partial charge on any atom is -0.493 e. The van der Waals surface area contributed by atoms with E-state index < -0.39 is 5.41 Å². The van der Waals surface area contributed by atoms with E-state index in [0.717, 1.165) is 54.7 Å². The molecule has 0 bridgehead atoms. The second-order valence-electron chi connectivity index (χ2n) is 10.3. The molecule has 1 fully saturated rings. The number of rotatable bonds is 8. The number of H-pyrrole nitrogens is 1. The molecule has 0 radical (unpaired) electrons. The molecule has 0 unspecified atom stereocenters. The van der Waals surface area contributed by atoms with E-state index >= 15 is 0 Å². The molecule has 3 aromatic carbocycles. The maximum Gasteiger partial charge on any atom is 0.230 e. The van der Waals surface area contributed by atoms with E-state index in [9.17, 15) is 4.79 Å². The van der Waals surface area contributed by atoms with Crippen LogP contribution in [-0.4, -0.2) is 42.0 Å². The van der Waals surface area contributed by atoms with Crippen LogP contribution in [0.25, 0.3) is 10.9 Å². The lowest BCUT2D eigenvalue weighted by atomic mass is 9.83. The number of fused-ring (bicyclic) bond motifs is 1. The molecule has 2 heterocycles. The summed E-state index contributed by atoms with van der Waals surface area (Å²) in [4.78, 5) is 19.1. The standard InChI is InChI=1S/C31H35N3O3/c1-31(2,26-20-32-27-12-5-4-11-25(26)27)30(35)33-23-15-17-34(18-16-23)21-22-9-8-10-24(19-22)37-29-14-7-6-13-28(29)36-3/h4-14,19-20,23,32H,15-18,21H2,1-3H3,(H,33,35). The van der Waals surface area contributed by atoms with Crippen molar-refractivity contribution in [3.8, 4) is 17.2 Å². The number of hydrogen-bond donors (Lipinski definition) is 2. The van der Waals surface area contributed by atoms with E-state index in [2.05, 4.69) is 33.4 Å². The number of methoxy groups -OCH3 is 1. The van der Waals surface area contributed by atoms with E-state index in [4.69, 9.17) is 9.47 Å². The molecule has 6 heteroatoms. The smallest absolute Gasteiger partial charge is 0.230 e. The minimum atomic E-state index is -0.612. The largest absolute Gasteiger partial charge is 0.493 e. The van der Waals surface area contributed by atoms with Crippen molar-refractivity contribution in [2.24, 2.45) is 0 Å². The van der Waals surface area contributed by atoms with Crippen molar-refractivity contribution in [1.29, 1.82) is 0 Å². The quantitative estimate of drug-likeness (QED) is 0.312. The van der Waals surface area contributed by atoms with Gasteiger partial charge in [-0.15, -0.1) is 0 Å². The summed E-state index contributed by atoms with van der Waals surface area (Å²) in [5, 5.41) is 4.44. The van der Waals surface area contributed by atoms with Crippen molar-refractivity contribution in [3.63, 3.8) is 0 Å². The second kappa shape index (κ2) is 10.7. The molecule has 0 atom stereocenters. The SMILES string of the molecule is COc1ccccc1Oc1cccc(CN2CCC(NC(=O)C(C)(C)c3c[nH]c4ccccc34)CC2)c1. The molecule has 1 saturated heterocycles. The topological polar surface area (TPSA) is 66.6 Å². The number of aromatic nitrogens is 1. The van der Waals surface area contributed by atoms with E-state index in [-0.39, 0.29) is 11.9 Å². The zero-order valence-electron chi connectivity index (χ0n) is 21.8. The van der Waals surface area contributed by atoms with Crippen molar-refractivity contribution in [3.05, 3.63) is 90.1 Å². The molecule has 4 aromatic rings. The first-order chi connectivity index (χ1) is 17.9. The summed E-state index contributed by atoms with van der Waals surface area (Å²) in [5.41, 5.74) is 2.69. The molecular weight excluding hydrogens is 462 g/mol. The first-order valence-corrected chi connectivity index (χ1v) is 12.9. The van der Waals surface area contributed by atoms with Crippen LogP contribution in [0.2, 0.25) is 0 Å². The maximum atomic E-state index is 13.3. The number of benzene rings is 3. The van der Waals surface area contributed by atoms with Gasteiger partial charge in [0.25, 0.3) is 0 Å². The average molecular weight is 498 g/mol. The summed E-state index contributed by atoms with van der Waals surface area (Å²) in [6.45, 7) is 6.75. The van der Waals surface area contributed by atoms with Gasteiger partial charge in [0, 0.05) is 42.8 Å². The number of para-hydroxylation sites is 3. The molecule has 2 N–H and O–H groups in total. The van der Waals surface area contributed by atoms with Crippen LogP contribution in [0.4, 0.5) is 0 Å². The zero-order valence-corrected chi connectivity index (χ0v) is 21.8. The van der Waals surface area contributed by atoms with Gasteiger partial charge in [-0.3, -0.25) is 9.69 Å². The molecule has 5 rings (SSSR count). The van der Waals surface area contributed by atoms with Gasteiger partial charge < -0.3 is 19.8 Å². The van der Waals surface area contributed by atoms with Crippen LogP contribution in [0.1, 0.15) is 37.8 Å². The number of carbonyl (C=O) groups excluding carboxylic acids is 1. The Morgan fingerprint density at radius 2 is 1.73 bits per heavy atom. The van der Waals surface area contributed by atoms with Gasteiger partial charge in [0.15, 0.2) is 11.5 Å². The summed E-state index contributed by atoms with van der Waals surface area (Å²) in [5.74, 6) is 2.29. The molecule has 6 nitrogen and oxygen atoms in total. The molecule has 1 amide bonds. The first kappa shape index (κ1) is 24.9. The summed E-state index contributed by atoms with van der Waals surface area (Å²) in [6, 6.07) is 24.2. The van der Waals surface area contributed by atoms with Gasteiger partial charge in [-0.25, -0.2) is 0 Å². The van der Waals surface area contributed by atoms with Crippen molar-refractivity contribution in [2.75, 3.05) is 20.2 Å². The Morgan fingerprint density at radius 1 is 1.00 bits per heavy atom. The lowest BCUT2D eigenvalue weighted by Gasteiger charge is -2.34. The van der Waals surface area contributed by atoms with E-state index in [1.807, 2.05) is 74.6 Å². The fraction of sp³-hybridized carbons (Fsp3) is 0.323. The summed E-state index contributed by atoms with van der Waals surface area (Å²) < 4.78 is 11.5. The molecule has 0 spiro atoms. The number of piperidine rings is 1. The summed E-state index contributed by atoms with van der Waals surface area (Å²) >= 11 is 0. The molecule has 0 saturated carbocycles. The van der Waals surface area contributed by atoms with Crippen molar-refractivity contribution in [2.45, 2.75) is 44.7 Å². The average Bonchev–Trinajstić information content (AvgIpc) is 3.35. The van der Waals surface area contributed by atoms with Crippen LogP contribution in [0.3, 0.4) is 0 Å². The molecule has 192 valence electrons. The molecule has 0 aliphatic carbocycles. The Bertz CT molecular complexity index is 1370. The second-order valence-corrected chi connectivity index (χ2v) is 10.3. The highest BCUT2D eigenvalue weighted by Gasteiger charge is 2.34. The monoisotopic (exact) mass is 497 g/mol. The Kier molecular flexibility index (Phi) is 7.19. The Morgan fingerprint density at radius 3 is 2.51 bits per heavy atom. The van der Waals surface area contributed by atoms with Gasteiger partial charge in [0.05, 0.1) is 12.5 Å². The summed E-state index contributed by atoms with van der Waals surface area (Å²) in [6.07, 6.45) is 3.85. The maximum absolute atomic E-state index is 13.3. The zero-order chi connectivity index (χ0) is 25.8. The van der Waals surface area contributed by atoms with E-state index in [1.165, 1.54) is 5.56 Å². The van der Waals surface area contributed by atoms with Gasteiger partial charge in [0.2, 0.25) is 5.91 Å². The normalized spacial score (nSPS) is 15.0. The third-order valence-corrected chi connectivity index (χ3v) is 7.35. The van der Waals surface area contributed by atoms with Crippen LogP contribution >= 0.6 is 0 Å². The molecule has 1 aliphatic rings. The molecule has 1 aromatic heterocycles. The van der Waals surface area contributed by atoms with Crippen LogP contribution in [0.15, 0.2) is 79.0 Å². The van der Waals surface area contributed by atoms with Crippen LogP contribution in [0.5, 0.6) is 17.2 Å². The fourth-order valence-electron chi connectivity index (χ4n) is 5.11. The number of amides is 1. The summed E-state index contributed by atoms with van der Waals surface area (Å²) in [7, 11) is 1.65. The predicted molar refractivity (Wildman–Crippen MR) is 147 cm³/mol. The van der Waals surface area contributed by atoms with Crippen molar-refractivity contribution in [1.82, 2.24) is 15.2 Å². The van der Waals surface area contributed by atoms with Gasteiger partial charge in [0.1, 0.15) is 5.75 Å². The molecule has 37 heavy (non-hydrogen) atoms. The first-order valence-electron chi connectivity index (χ1n) is 12.9. The Hall–Kier alpha value is -3.77. The fourth-order valence-corrected chi connectivity index (χ4v) is 5.11. The highest BCUT2D eigenvalue weighted by Crippen LogP contribution is 2.32. The van der Waals surface area contributed by atoms with Crippen LogP contribution in [0, 0.1) is 0 Å². The van der Waals surface area contributed by atoms with Gasteiger partial charge in [-0.05, 0) is 68.1 Å². The van der Waals surface area contributed by atoms with Gasteiger partial charge >= 0.3 is 0 Å². The molecule has 1 aliphatic heterocycles.